The van der Waals surface area contributed by atoms with Crippen molar-refractivity contribution in [3.63, 3.8) is 0 Å². The van der Waals surface area contributed by atoms with Gasteiger partial charge >= 0.3 is 12.6 Å². The molecule has 1 unspecified atom stereocenters. The summed E-state index contributed by atoms with van der Waals surface area (Å²) in [5.41, 5.74) is 6.19. The van der Waals surface area contributed by atoms with Crippen molar-refractivity contribution in [2.75, 3.05) is 12.3 Å². The highest BCUT2D eigenvalue weighted by Gasteiger charge is 2.58. The molecule has 2 aromatic heterocycles. The second-order valence-corrected chi connectivity index (χ2v) is 12.5. The van der Waals surface area contributed by atoms with Gasteiger partial charge in [0.15, 0.2) is 17.7 Å². The number of alkyl halides is 2. The Labute approximate surface area is 227 Å². The van der Waals surface area contributed by atoms with Crippen molar-refractivity contribution in [3.8, 4) is 5.75 Å². The molecule has 1 aromatic carbocycles. The van der Waals surface area contributed by atoms with E-state index in [1.165, 1.54) is 17.2 Å². The number of aliphatic hydroxyl groups excluding tert-OH is 1. The van der Waals surface area contributed by atoms with Crippen molar-refractivity contribution in [2.24, 2.45) is 0 Å². The van der Waals surface area contributed by atoms with Crippen LogP contribution in [0.4, 0.5) is 10.2 Å². The summed E-state index contributed by atoms with van der Waals surface area (Å²) in [5, 5.41) is 10.8. The zero-order chi connectivity index (χ0) is 27.7. The van der Waals surface area contributed by atoms with Crippen molar-refractivity contribution in [1.82, 2.24) is 24.6 Å². The largest absolute Gasteiger partial charge is 0.462 e. The number of anilines is 1. The van der Waals surface area contributed by atoms with Crippen LogP contribution < -0.4 is 15.3 Å². The van der Waals surface area contributed by atoms with Gasteiger partial charge in [0.1, 0.15) is 35.8 Å². The molecule has 38 heavy (non-hydrogen) atoms. The molecule has 1 aliphatic heterocycles. The van der Waals surface area contributed by atoms with E-state index in [0.29, 0.717) is 5.75 Å². The molecular weight excluding hydrogens is 562 g/mol. The van der Waals surface area contributed by atoms with Gasteiger partial charge in [-0.05, 0) is 44.7 Å². The topological polar surface area (TPSA) is 156 Å². The second-order valence-electron chi connectivity index (χ2n) is 8.76. The molecule has 1 saturated heterocycles. The number of aliphatic hydroxyl groups is 1. The fraction of sp³-hybridized carbons (Fsp3) is 0.455. The van der Waals surface area contributed by atoms with Gasteiger partial charge in [-0.3, -0.25) is 9.36 Å². The van der Waals surface area contributed by atoms with Gasteiger partial charge < -0.3 is 29.4 Å². The Bertz CT molecular complexity index is 1330. The molecule has 0 radical (unpaired) electrons. The summed E-state index contributed by atoms with van der Waals surface area (Å²) in [5.74, 6) is -0.109. The van der Waals surface area contributed by atoms with Crippen LogP contribution in [-0.2, 0) is 30.6 Å². The number of ether oxygens (including phenoxy) is 2. The Morgan fingerprint density at radius 3 is 2.74 bits per heavy atom. The molecule has 0 spiro atoms. The SMILES string of the molecule is CC(C)OC(=O)[C@@H](C)NP(=S)(OC[C@H]1O[C@@H](n2cnc3c(N)ncnc32)[C@](F)(Cl)[C@@H]1O)Oc1ccccc1. The number of nitrogen functional groups attached to an aromatic ring is 1. The molecular formula is C22H27ClFN6O6PS. The first kappa shape index (κ1) is 28.6. The number of nitrogens with two attached hydrogens (primary N) is 1. The lowest BCUT2D eigenvalue weighted by atomic mass is 10.1. The molecule has 4 N–H and O–H groups in total. The van der Waals surface area contributed by atoms with Crippen LogP contribution in [0.5, 0.6) is 5.75 Å². The number of hydrogen-bond donors (Lipinski definition) is 3. The third-order valence-electron chi connectivity index (χ3n) is 5.45. The number of imidazole rings is 1. The van der Waals surface area contributed by atoms with Gasteiger partial charge in [-0.25, -0.2) is 24.4 Å². The van der Waals surface area contributed by atoms with Crippen LogP contribution >= 0.6 is 18.2 Å². The van der Waals surface area contributed by atoms with Crippen LogP contribution in [0, 0.1) is 0 Å². The number of fused-ring (bicyclic) bond motifs is 1. The van der Waals surface area contributed by atoms with E-state index in [0.717, 1.165) is 0 Å². The summed E-state index contributed by atoms with van der Waals surface area (Å²) >= 11 is 11.8. The maximum absolute atomic E-state index is 15.6. The number of aromatic nitrogens is 4. The number of hydrogen-bond acceptors (Lipinski definition) is 11. The van der Waals surface area contributed by atoms with Crippen molar-refractivity contribution in [3.05, 3.63) is 43.0 Å². The molecule has 0 saturated carbocycles. The minimum Gasteiger partial charge on any atom is -0.462 e. The van der Waals surface area contributed by atoms with Crippen LogP contribution in [0.3, 0.4) is 0 Å². The molecule has 3 aromatic rings. The molecule has 12 nitrogen and oxygen atoms in total. The average molecular weight is 589 g/mol. The Morgan fingerprint density at radius 2 is 2.05 bits per heavy atom. The molecule has 0 aliphatic carbocycles. The van der Waals surface area contributed by atoms with Crippen LogP contribution in [0.2, 0.25) is 0 Å². The number of esters is 1. The van der Waals surface area contributed by atoms with Gasteiger partial charge in [-0.1, -0.05) is 29.8 Å². The molecule has 3 heterocycles. The predicted molar refractivity (Wildman–Crippen MR) is 140 cm³/mol. The van der Waals surface area contributed by atoms with Crippen LogP contribution in [0.1, 0.15) is 27.0 Å². The second kappa shape index (κ2) is 11.3. The van der Waals surface area contributed by atoms with E-state index in [2.05, 4.69) is 20.0 Å². The Hall–Kier alpha value is -2.45. The molecule has 4 rings (SSSR count). The van der Waals surface area contributed by atoms with Gasteiger partial charge in [-0.2, -0.15) is 0 Å². The van der Waals surface area contributed by atoms with Gasteiger partial charge in [-0.15, -0.1) is 0 Å². The Morgan fingerprint density at radius 1 is 1.34 bits per heavy atom. The number of para-hydroxylation sites is 1. The molecule has 16 heteroatoms. The number of rotatable bonds is 10. The van der Waals surface area contributed by atoms with Crippen molar-refractivity contribution in [2.45, 2.75) is 56.5 Å². The van der Waals surface area contributed by atoms with Crippen molar-refractivity contribution >= 4 is 53.0 Å². The highest BCUT2D eigenvalue weighted by molar-refractivity contribution is 8.09. The van der Waals surface area contributed by atoms with Crippen molar-refractivity contribution < 1.29 is 32.8 Å². The lowest BCUT2D eigenvalue weighted by Gasteiger charge is -2.28. The van der Waals surface area contributed by atoms with E-state index in [1.54, 1.807) is 51.1 Å². The maximum atomic E-state index is 15.6. The first-order valence-corrected chi connectivity index (χ1v) is 14.5. The lowest BCUT2D eigenvalue weighted by molar-refractivity contribution is -0.149. The van der Waals surface area contributed by atoms with E-state index >= 15 is 4.39 Å². The maximum Gasteiger partial charge on any atom is 0.323 e. The Kier molecular flexibility index (Phi) is 8.52. The molecule has 6 atom stereocenters. The van der Waals surface area contributed by atoms with E-state index in [4.69, 9.17) is 47.7 Å². The number of halogens is 2. The van der Waals surface area contributed by atoms with Gasteiger partial charge in [0.05, 0.1) is 19.0 Å². The number of carbonyl (C=O) groups is 1. The highest BCUT2D eigenvalue weighted by Crippen LogP contribution is 2.49. The van der Waals surface area contributed by atoms with E-state index in [9.17, 15) is 9.90 Å². The lowest BCUT2D eigenvalue weighted by Crippen LogP contribution is -2.40. The summed E-state index contributed by atoms with van der Waals surface area (Å²) in [6.45, 7) is 1.07. The number of nitrogens with one attached hydrogen (secondary N) is 1. The quantitative estimate of drug-likeness (QED) is 0.181. The first-order chi connectivity index (χ1) is 17.9. The standard InChI is InChI=1S/C22H27ClFN6O6PS/c1-12(2)34-20(32)13(3)29-37(38,36-14-7-5-4-6-8-14)33-9-15-17(31)22(23,24)21(35-15)30-11-28-16-18(25)26-10-27-19(16)30/h4-8,10-13,15,17,21,31H,9H2,1-3H3,(H,29,38)(H2,25,26,27)/t13-,15-,17-,21-,22+,37?/m1/s1. The third kappa shape index (κ3) is 6.07. The predicted octanol–water partition coefficient (Wildman–Crippen LogP) is 2.82. The molecule has 1 aliphatic rings. The summed E-state index contributed by atoms with van der Waals surface area (Å²) in [6, 6.07) is 7.67. The van der Waals surface area contributed by atoms with Crippen LogP contribution in [0.25, 0.3) is 11.2 Å². The average Bonchev–Trinajstić information content (AvgIpc) is 3.37. The highest BCUT2D eigenvalue weighted by atomic mass is 35.5. The summed E-state index contributed by atoms with van der Waals surface area (Å²) in [4.78, 5) is 24.4. The Balaban J connectivity index is 1.54. The minimum atomic E-state index is -3.47. The fourth-order valence-corrected chi connectivity index (χ4v) is 6.37. The fourth-order valence-electron chi connectivity index (χ4n) is 3.65. The monoisotopic (exact) mass is 588 g/mol. The smallest absolute Gasteiger partial charge is 0.323 e. The summed E-state index contributed by atoms with van der Waals surface area (Å²) in [7, 11) is 0. The molecule has 0 amide bonds. The normalized spacial score (nSPS) is 25.8. The first-order valence-electron chi connectivity index (χ1n) is 11.5. The van der Waals surface area contributed by atoms with Gasteiger partial charge in [0, 0.05) is 0 Å². The van der Waals surface area contributed by atoms with Crippen LogP contribution in [-0.4, -0.2) is 66.7 Å². The molecule has 0 bridgehead atoms. The van der Waals surface area contributed by atoms with E-state index in [-0.39, 0.29) is 23.1 Å². The zero-order valence-corrected chi connectivity index (χ0v) is 23.1. The van der Waals surface area contributed by atoms with Gasteiger partial charge in [0.25, 0.3) is 5.13 Å². The van der Waals surface area contributed by atoms with Crippen molar-refractivity contribution in [1.29, 1.82) is 0 Å². The third-order valence-corrected chi connectivity index (χ3v) is 8.36. The number of benzene rings is 1. The molecule has 206 valence electrons. The summed E-state index contributed by atoms with van der Waals surface area (Å²) in [6.07, 6.45) is -2.58. The minimum absolute atomic E-state index is 0.0844. The van der Waals surface area contributed by atoms with Crippen LogP contribution in [0.15, 0.2) is 43.0 Å². The summed E-state index contributed by atoms with van der Waals surface area (Å²) < 4.78 is 39.6. The molecule has 1 fully saturated rings. The zero-order valence-electron chi connectivity index (χ0n) is 20.6. The number of nitrogens with zero attached hydrogens (tertiary/aromatic N) is 4. The van der Waals surface area contributed by atoms with E-state index < -0.39 is 48.8 Å². The van der Waals surface area contributed by atoms with Gasteiger partial charge in [0.2, 0.25) is 0 Å². The number of carbonyl (C=O) groups excluding carboxylic acids is 1. The van der Waals surface area contributed by atoms with E-state index in [1.807, 2.05) is 0 Å².